The number of aryl methyl sites for hydroxylation is 1. The van der Waals surface area contributed by atoms with Gasteiger partial charge in [0, 0.05) is 11.3 Å². The van der Waals surface area contributed by atoms with Crippen LogP contribution in [0, 0.1) is 24.5 Å². The van der Waals surface area contributed by atoms with Crippen LogP contribution in [0.15, 0.2) is 17.1 Å². The summed E-state index contributed by atoms with van der Waals surface area (Å²) in [6, 6.07) is 2.38. The molecule has 1 unspecified atom stereocenters. The topological polar surface area (TPSA) is 24.4 Å². The van der Waals surface area contributed by atoms with Crippen molar-refractivity contribution in [2.24, 2.45) is 10.9 Å². The van der Waals surface area contributed by atoms with Crippen molar-refractivity contribution in [3.05, 3.63) is 29.3 Å². The van der Waals surface area contributed by atoms with Crippen molar-refractivity contribution in [2.75, 3.05) is 11.9 Å². The zero-order chi connectivity index (χ0) is 14.0. The van der Waals surface area contributed by atoms with E-state index in [2.05, 4.69) is 24.2 Å². The summed E-state index contributed by atoms with van der Waals surface area (Å²) in [5.41, 5.74) is 0.460. The Bertz CT molecular complexity index is 500. The minimum absolute atomic E-state index is 0.152. The van der Waals surface area contributed by atoms with Gasteiger partial charge < -0.3 is 5.32 Å². The van der Waals surface area contributed by atoms with Crippen molar-refractivity contribution in [3.63, 3.8) is 0 Å². The first-order valence-electron chi connectivity index (χ1n) is 6.39. The Morgan fingerprint density at radius 1 is 1.37 bits per heavy atom. The summed E-state index contributed by atoms with van der Waals surface area (Å²) in [6.07, 6.45) is 1.07. The van der Waals surface area contributed by atoms with Gasteiger partial charge in [-0.25, -0.2) is 8.78 Å². The van der Waals surface area contributed by atoms with Crippen LogP contribution in [0.4, 0.5) is 14.5 Å². The molecular formula is C14H18F2N2S. The first kappa shape index (κ1) is 14.3. The molecule has 0 saturated carbocycles. The number of nitrogens with one attached hydrogen (secondary N) is 1. The van der Waals surface area contributed by atoms with Crippen LogP contribution in [0.1, 0.15) is 25.8 Å². The number of thioether (sulfide) groups is 1. The summed E-state index contributed by atoms with van der Waals surface area (Å²) >= 11 is 1.60. The van der Waals surface area contributed by atoms with Gasteiger partial charge in [-0.2, -0.15) is 0 Å². The van der Waals surface area contributed by atoms with Crippen LogP contribution in [-0.4, -0.2) is 17.0 Å². The Balaban J connectivity index is 2.01. The molecule has 2 nitrogen and oxygen atoms in total. The second-order valence-electron chi connectivity index (χ2n) is 5.22. The van der Waals surface area contributed by atoms with Crippen molar-refractivity contribution in [1.29, 1.82) is 0 Å². The maximum absolute atomic E-state index is 13.7. The molecule has 1 aliphatic rings. The maximum Gasteiger partial charge on any atom is 0.161 e. The molecule has 0 fully saturated rings. The van der Waals surface area contributed by atoms with E-state index in [1.54, 1.807) is 18.7 Å². The fraction of sp³-hybridized carbons (Fsp3) is 0.500. The van der Waals surface area contributed by atoms with E-state index < -0.39 is 11.6 Å². The number of hydrogen-bond donors (Lipinski definition) is 1. The third-order valence-corrected chi connectivity index (χ3v) is 4.07. The Labute approximate surface area is 116 Å². The summed E-state index contributed by atoms with van der Waals surface area (Å²) in [6.45, 7) is 6.62. The van der Waals surface area contributed by atoms with E-state index in [0.29, 0.717) is 21.9 Å². The quantitative estimate of drug-likeness (QED) is 0.899. The lowest BCUT2D eigenvalue weighted by molar-refractivity contribution is 0.575. The molecule has 104 valence electrons. The molecule has 5 heteroatoms. The number of amidine groups is 1. The van der Waals surface area contributed by atoms with Gasteiger partial charge in [-0.3, -0.25) is 4.99 Å². The van der Waals surface area contributed by atoms with Gasteiger partial charge >= 0.3 is 0 Å². The van der Waals surface area contributed by atoms with Crippen LogP contribution < -0.4 is 5.32 Å². The molecule has 0 radical (unpaired) electrons. The van der Waals surface area contributed by atoms with E-state index in [4.69, 9.17) is 0 Å². The van der Waals surface area contributed by atoms with Gasteiger partial charge in [0.15, 0.2) is 5.17 Å². The molecule has 0 aromatic heterocycles. The minimum Gasteiger partial charge on any atom is -0.332 e. The highest BCUT2D eigenvalue weighted by Crippen LogP contribution is 2.28. The highest BCUT2D eigenvalue weighted by atomic mass is 32.2. The summed E-state index contributed by atoms with van der Waals surface area (Å²) < 4.78 is 27.1. The Morgan fingerprint density at radius 3 is 2.79 bits per heavy atom. The highest BCUT2D eigenvalue weighted by Gasteiger charge is 2.21. The molecule has 0 bridgehead atoms. The first-order valence-corrected chi connectivity index (χ1v) is 7.27. The summed E-state index contributed by atoms with van der Waals surface area (Å²) in [7, 11) is 0. The van der Waals surface area contributed by atoms with E-state index in [0.717, 1.165) is 13.0 Å². The Morgan fingerprint density at radius 2 is 2.11 bits per heavy atom. The fourth-order valence-electron chi connectivity index (χ4n) is 1.99. The van der Waals surface area contributed by atoms with Crippen LogP contribution in [0.25, 0.3) is 0 Å². The molecule has 1 aliphatic heterocycles. The zero-order valence-electron chi connectivity index (χ0n) is 11.3. The number of nitrogens with zero attached hydrogens (tertiary/aromatic N) is 1. The molecule has 1 atom stereocenters. The lowest BCUT2D eigenvalue weighted by Gasteiger charge is -2.12. The molecule has 19 heavy (non-hydrogen) atoms. The Kier molecular flexibility index (Phi) is 4.45. The molecule has 1 N–H and O–H groups in total. The van der Waals surface area contributed by atoms with E-state index >= 15 is 0 Å². The van der Waals surface area contributed by atoms with Gasteiger partial charge in [0.2, 0.25) is 0 Å². The predicted octanol–water partition coefficient (Wildman–Crippen LogP) is 4.20. The molecule has 0 saturated heterocycles. The third-order valence-electron chi connectivity index (χ3n) is 2.94. The average Bonchev–Trinajstić information content (AvgIpc) is 2.72. The van der Waals surface area contributed by atoms with Crippen molar-refractivity contribution < 1.29 is 8.78 Å². The van der Waals surface area contributed by atoms with Crippen LogP contribution in [0.3, 0.4) is 0 Å². The van der Waals surface area contributed by atoms with E-state index in [9.17, 15) is 8.78 Å². The minimum atomic E-state index is -0.450. The monoisotopic (exact) mass is 284 g/mol. The second-order valence-corrected chi connectivity index (χ2v) is 6.51. The molecule has 0 spiro atoms. The number of halogens is 2. The lowest BCUT2D eigenvalue weighted by atomic mass is 10.1. The van der Waals surface area contributed by atoms with Gasteiger partial charge in [-0.1, -0.05) is 25.6 Å². The molecular weight excluding hydrogens is 266 g/mol. The average molecular weight is 284 g/mol. The summed E-state index contributed by atoms with van der Waals surface area (Å²) in [5, 5.41) is 3.98. The molecule has 0 aliphatic carbocycles. The summed E-state index contributed by atoms with van der Waals surface area (Å²) in [4.78, 5) is 4.34. The third kappa shape index (κ3) is 3.69. The molecule has 1 heterocycles. The smallest absolute Gasteiger partial charge is 0.161 e. The number of benzene rings is 1. The van der Waals surface area contributed by atoms with Crippen LogP contribution in [0.5, 0.6) is 0 Å². The molecule has 1 aromatic carbocycles. The van der Waals surface area contributed by atoms with Crippen molar-refractivity contribution in [2.45, 2.75) is 32.4 Å². The summed E-state index contributed by atoms with van der Waals surface area (Å²) in [5.74, 6) is -0.249. The molecule has 0 amide bonds. The van der Waals surface area contributed by atoms with Gasteiger partial charge in [-0.15, -0.1) is 0 Å². The van der Waals surface area contributed by atoms with Crippen LogP contribution in [0.2, 0.25) is 0 Å². The number of aliphatic imine (C=N–C) groups is 1. The fourth-order valence-corrected chi connectivity index (χ4v) is 3.26. The maximum atomic E-state index is 13.7. The number of rotatable bonds is 3. The van der Waals surface area contributed by atoms with E-state index in [1.165, 1.54) is 12.1 Å². The van der Waals surface area contributed by atoms with Crippen molar-refractivity contribution >= 4 is 22.6 Å². The van der Waals surface area contributed by atoms with Gasteiger partial charge in [-0.05, 0) is 30.9 Å². The zero-order valence-corrected chi connectivity index (χ0v) is 12.2. The van der Waals surface area contributed by atoms with Gasteiger partial charge in [0.05, 0.1) is 12.2 Å². The standard InChI is InChI=1S/C14H18F2N2S/c1-8(2)4-10-7-17-14(19-10)18-13-6-11(15)9(3)5-12(13)16/h5-6,8,10H,4,7H2,1-3H3,(H,17,18). The molecule has 1 aromatic rings. The second kappa shape index (κ2) is 5.90. The number of anilines is 1. The predicted molar refractivity (Wildman–Crippen MR) is 77.9 cm³/mol. The Hall–Kier alpha value is -1.10. The SMILES string of the molecule is Cc1cc(F)c(NC2=NCC(CC(C)C)S2)cc1F. The largest absolute Gasteiger partial charge is 0.332 e. The van der Waals surface area contributed by atoms with Crippen molar-refractivity contribution in [1.82, 2.24) is 0 Å². The van der Waals surface area contributed by atoms with Gasteiger partial charge in [0.1, 0.15) is 11.6 Å². The van der Waals surface area contributed by atoms with Crippen LogP contribution >= 0.6 is 11.8 Å². The number of hydrogen-bond acceptors (Lipinski definition) is 3. The van der Waals surface area contributed by atoms with Crippen LogP contribution in [-0.2, 0) is 0 Å². The lowest BCUT2D eigenvalue weighted by Crippen LogP contribution is -2.10. The highest BCUT2D eigenvalue weighted by molar-refractivity contribution is 8.15. The molecule has 2 rings (SSSR count). The van der Waals surface area contributed by atoms with E-state index in [-0.39, 0.29) is 5.69 Å². The van der Waals surface area contributed by atoms with E-state index in [1.807, 2.05) is 0 Å². The van der Waals surface area contributed by atoms with Gasteiger partial charge in [0.25, 0.3) is 0 Å². The first-order chi connectivity index (χ1) is 8.95. The normalized spacial score (nSPS) is 18.8. The van der Waals surface area contributed by atoms with Crippen molar-refractivity contribution in [3.8, 4) is 0 Å².